The summed E-state index contributed by atoms with van der Waals surface area (Å²) < 4.78 is 7.03. The highest BCUT2D eigenvalue weighted by Crippen LogP contribution is 2.25. The quantitative estimate of drug-likeness (QED) is 0.769. The molecule has 0 amide bonds. The van der Waals surface area contributed by atoms with Gasteiger partial charge in [-0.1, -0.05) is 13.8 Å². The van der Waals surface area contributed by atoms with Crippen molar-refractivity contribution in [3.63, 3.8) is 0 Å². The lowest BCUT2D eigenvalue weighted by Crippen LogP contribution is -2.06. The lowest BCUT2D eigenvalue weighted by Gasteiger charge is -2.13. The maximum atomic E-state index is 5.73. The molecule has 0 aliphatic rings. The average molecular weight is 304 g/mol. The Labute approximate surface area is 100.0 Å². The van der Waals surface area contributed by atoms with Crippen LogP contribution >= 0.6 is 22.6 Å². The standard InChI is InChI=1S/C12H17IO/c1-8(2)7-14-12-6-5-11(13)9(3)10(12)4/h5-6,8H,7H2,1-4H3. The molecule has 1 rings (SSSR count). The molecule has 0 atom stereocenters. The molecule has 0 fully saturated rings. The normalized spacial score (nSPS) is 10.7. The molecule has 0 saturated heterocycles. The molecule has 14 heavy (non-hydrogen) atoms. The molecule has 0 aliphatic heterocycles. The predicted molar refractivity (Wildman–Crippen MR) is 69.0 cm³/mol. The van der Waals surface area contributed by atoms with Crippen molar-refractivity contribution in [2.24, 2.45) is 5.92 Å². The van der Waals surface area contributed by atoms with E-state index in [0.29, 0.717) is 5.92 Å². The van der Waals surface area contributed by atoms with E-state index < -0.39 is 0 Å². The van der Waals surface area contributed by atoms with Crippen LogP contribution < -0.4 is 4.74 Å². The number of ether oxygens (including phenoxy) is 1. The number of hydrogen-bond acceptors (Lipinski definition) is 1. The Bertz CT molecular complexity index is 318. The summed E-state index contributed by atoms with van der Waals surface area (Å²) in [6.45, 7) is 9.37. The van der Waals surface area contributed by atoms with Gasteiger partial charge in [0.2, 0.25) is 0 Å². The highest BCUT2D eigenvalue weighted by molar-refractivity contribution is 14.1. The van der Waals surface area contributed by atoms with Crippen molar-refractivity contribution in [1.29, 1.82) is 0 Å². The Morgan fingerprint density at radius 3 is 2.43 bits per heavy atom. The van der Waals surface area contributed by atoms with E-state index in [2.05, 4.69) is 62.4 Å². The third kappa shape index (κ3) is 2.87. The highest BCUT2D eigenvalue weighted by Gasteiger charge is 2.05. The van der Waals surface area contributed by atoms with Crippen LogP contribution in [0.4, 0.5) is 0 Å². The fourth-order valence-electron chi connectivity index (χ4n) is 1.18. The first-order valence-electron chi connectivity index (χ1n) is 4.91. The molecule has 0 saturated carbocycles. The Hall–Kier alpha value is -0.250. The Morgan fingerprint density at radius 2 is 1.86 bits per heavy atom. The average Bonchev–Trinajstić information content (AvgIpc) is 2.13. The van der Waals surface area contributed by atoms with Gasteiger partial charge in [0.1, 0.15) is 5.75 Å². The summed E-state index contributed by atoms with van der Waals surface area (Å²) in [5.41, 5.74) is 2.59. The molecule has 0 bridgehead atoms. The summed E-state index contributed by atoms with van der Waals surface area (Å²) in [4.78, 5) is 0. The molecule has 78 valence electrons. The van der Waals surface area contributed by atoms with Gasteiger partial charge in [0.15, 0.2) is 0 Å². The molecule has 0 aromatic heterocycles. The fraction of sp³-hybridized carbons (Fsp3) is 0.500. The van der Waals surface area contributed by atoms with Gasteiger partial charge in [-0.2, -0.15) is 0 Å². The van der Waals surface area contributed by atoms with E-state index in [1.54, 1.807) is 0 Å². The minimum Gasteiger partial charge on any atom is -0.493 e. The minimum atomic E-state index is 0.578. The second kappa shape index (κ2) is 5.01. The highest BCUT2D eigenvalue weighted by atomic mass is 127. The van der Waals surface area contributed by atoms with Gasteiger partial charge in [-0.3, -0.25) is 0 Å². The predicted octanol–water partition coefficient (Wildman–Crippen LogP) is 3.94. The summed E-state index contributed by atoms with van der Waals surface area (Å²) >= 11 is 2.35. The van der Waals surface area contributed by atoms with Crippen LogP contribution in [0, 0.1) is 23.3 Å². The third-order valence-electron chi connectivity index (χ3n) is 2.24. The van der Waals surface area contributed by atoms with Gasteiger partial charge in [0, 0.05) is 3.57 Å². The maximum Gasteiger partial charge on any atom is 0.122 e. The van der Waals surface area contributed by atoms with Crippen LogP contribution in [0.5, 0.6) is 5.75 Å². The minimum absolute atomic E-state index is 0.578. The molecule has 0 unspecified atom stereocenters. The zero-order valence-corrected chi connectivity index (χ0v) is 11.4. The van der Waals surface area contributed by atoms with Gasteiger partial charge < -0.3 is 4.74 Å². The Balaban J connectivity index is 2.83. The van der Waals surface area contributed by atoms with Crippen molar-refractivity contribution in [3.05, 3.63) is 26.8 Å². The molecule has 1 aromatic carbocycles. The molecule has 0 N–H and O–H groups in total. The summed E-state index contributed by atoms with van der Waals surface area (Å²) in [5.74, 6) is 1.60. The first kappa shape index (κ1) is 11.8. The molecule has 1 aromatic rings. The zero-order chi connectivity index (χ0) is 10.7. The van der Waals surface area contributed by atoms with Gasteiger partial charge in [0.05, 0.1) is 6.61 Å². The number of benzene rings is 1. The van der Waals surface area contributed by atoms with Gasteiger partial charge in [-0.15, -0.1) is 0 Å². The van der Waals surface area contributed by atoms with E-state index in [1.807, 2.05) is 0 Å². The monoisotopic (exact) mass is 304 g/mol. The van der Waals surface area contributed by atoms with E-state index >= 15 is 0 Å². The molecular formula is C12H17IO. The molecule has 0 heterocycles. The SMILES string of the molecule is Cc1c(I)ccc(OCC(C)C)c1C. The van der Waals surface area contributed by atoms with Crippen LogP contribution in [0.1, 0.15) is 25.0 Å². The van der Waals surface area contributed by atoms with Gasteiger partial charge in [0.25, 0.3) is 0 Å². The molecule has 0 radical (unpaired) electrons. The van der Waals surface area contributed by atoms with Gasteiger partial charge in [-0.05, 0) is 65.6 Å². The van der Waals surface area contributed by atoms with Crippen molar-refractivity contribution < 1.29 is 4.74 Å². The lowest BCUT2D eigenvalue weighted by atomic mass is 10.1. The van der Waals surface area contributed by atoms with E-state index in [9.17, 15) is 0 Å². The first-order valence-corrected chi connectivity index (χ1v) is 5.98. The zero-order valence-electron chi connectivity index (χ0n) is 9.23. The smallest absolute Gasteiger partial charge is 0.122 e. The summed E-state index contributed by atoms with van der Waals surface area (Å²) in [6, 6.07) is 4.17. The van der Waals surface area contributed by atoms with E-state index in [4.69, 9.17) is 4.74 Å². The lowest BCUT2D eigenvalue weighted by molar-refractivity contribution is 0.269. The van der Waals surface area contributed by atoms with Crippen molar-refractivity contribution >= 4 is 22.6 Å². The Morgan fingerprint density at radius 1 is 1.21 bits per heavy atom. The van der Waals surface area contributed by atoms with Crippen LogP contribution in [0.2, 0.25) is 0 Å². The van der Waals surface area contributed by atoms with Crippen LogP contribution in [0.25, 0.3) is 0 Å². The fourth-order valence-corrected chi connectivity index (χ4v) is 1.76. The largest absolute Gasteiger partial charge is 0.493 e. The topological polar surface area (TPSA) is 9.23 Å². The second-order valence-electron chi connectivity index (χ2n) is 4.00. The van der Waals surface area contributed by atoms with E-state index in [0.717, 1.165) is 12.4 Å². The maximum absolute atomic E-state index is 5.73. The van der Waals surface area contributed by atoms with Crippen LogP contribution in [-0.2, 0) is 0 Å². The van der Waals surface area contributed by atoms with Crippen LogP contribution in [0.3, 0.4) is 0 Å². The van der Waals surface area contributed by atoms with Crippen molar-refractivity contribution in [2.45, 2.75) is 27.7 Å². The number of halogens is 1. The van der Waals surface area contributed by atoms with E-state index in [-0.39, 0.29) is 0 Å². The molecule has 0 aliphatic carbocycles. The molecule has 0 spiro atoms. The van der Waals surface area contributed by atoms with Crippen molar-refractivity contribution in [1.82, 2.24) is 0 Å². The van der Waals surface area contributed by atoms with E-state index in [1.165, 1.54) is 14.7 Å². The molecule has 2 heteroatoms. The van der Waals surface area contributed by atoms with Crippen LogP contribution in [0.15, 0.2) is 12.1 Å². The van der Waals surface area contributed by atoms with Crippen molar-refractivity contribution in [3.8, 4) is 5.75 Å². The van der Waals surface area contributed by atoms with Crippen LogP contribution in [-0.4, -0.2) is 6.61 Å². The summed E-state index contributed by atoms with van der Waals surface area (Å²) in [6.07, 6.45) is 0. The summed E-state index contributed by atoms with van der Waals surface area (Å²) in [7, 11) is 0. The number of hydrogen-bond donors (Lipinski definition) is 0. The van der Waals surface area contributed by atoms with Crippen molar-refractivity contribution in [2.75, 3.05) is 6.61 Å². The molecular weight excluding hydrogens is 287 g/mol. The van der Waals surface area contributed by atoms with Gasteiger partial charge in [-0.25, -0.2) is 0 Å². The first-order chi connectivity index (χ1) is 6.52. The second-order valence-corrected chi connectivity index (χ2v) is 5.16. The molecule has 1 nitrogen and oxygen atoms in total. The Kier molecular flexibility index (Phi) is 4.23. The third-order valence-corrected chi connectivity index (χ3v) is 3.41. The summed E-state index contributed by atoms with van der Waals surface area (Å²) in [5, 5.41) is 0. The number of rotatable bonds is 3. The van der Waals surface area contributed by atoms with Gasteiger partial charge >= 0.3 is 0 Å².